The predicted molar refractivity (Wildman–Crippen MR) is 136 cm³/mol. The number of nitrogens with one attached hydrogen (secondary N) is 1. The van der Waals surface area contributed by atoms with Crippen molar-refractivity contribution >= 4 is 46.4 Å². The van der Waals surface area contributed by atoms with Crippen LogP contribution in [-0.4, -0.2) is 50.1 Å². The molecule has 3 aromatic rings. The number of carbonyl (C=O) groups is 1. The molecule has 0 bridgehead atoms. The van der Waals surface area contributed by atoms with Crippen molar-refractivity contribution in [3.63, 3.8) is 0 Å². The van der Waals surface area contributed by atoms with Crippen molar-refractivity contribution in [2.24, 2.45) is 0 Å². The first-order valence-corrected chi connectivity index (χ1v) is 13.7. The van der Waals surface area contributed by atoms with E-state index in [1.54, 1.807) is 31.7 Å². The Labute approximate surface area is 212 Å². The molecule has 0 aliphatic rings. The van der Waals surface area contributed by atoms with Crippen molar-refractivity contribution in [1.82, 2.24) is 24.6 Å². The zero-order valence-corrected chi connectivity index (χ0v) is 22.5. The van der Waals surface area contributed by atoms with Crippen molar-refractivity contribution in [2.45, 2.75) is 59.1 Å². The zero-order valence-electron chi connectivity index (χ0n) is 20.1. The van der Waals surface area contributed by atoms with Crippen LogP contribution in [0.3, 0.4) is 0 Å². The molecule has 0 aliphatic carbocycles. The van der Waals surface area contributed by atoms with Gasteiger partial charge in [-0.1, -0.05) is 34.1 Å². The Balaban J connectivity index is 1.69. The molecular formula is C22H30BrN6O5P. The number of halogens is 1. The smallest absolute Gasteiger partial charge is 0.323 e. The lowest BCUT2D eigenvalue weighted by Gasteiger charge is -2.25. The van der Waals surface area contributed by atoms with Gasteiger partial charge in [-0.15, -0.1) is 0 Å². The maximum Gasteiger partial charge on any atom is 0.323 e. The number of imidazole rings is 1. The average Bonchev–Trinajstić information content (AvgIpc) is 3.21. The van der Waals surface area contributed by atoms with E-state index in [-0.39, 0.29) is 25.2 Å². The Bertz CT molecular complexity index is 1210. The summed E-state index contributed by atoms with van der Waals surface area (Å²) in [6, 6.07) is 6.59. The van der Waals surface area contributed by atoms with E-state index in [1.807, 2.05) is 31.2 Å². The second-order valence-electron chi connectivity index (χ2n) is 8.31. The van der Waals surface area contributed by atoms with Crippen LogP contribution >= 0.6 is 23.4 Å². The molecule has 0 spiro atoms. The normalized spacial score (nSPS) is 15.1. The van der Waals surface area contributed by atoms with Crippen molar-refractivity contribution in [3.8, 4) is 0 Å². The predicted octanol–water partition coefficient (Wildman–Crippen LogP) is 3.87. The summed E-state index contributed by atoms with van der Waals surface area (Å²) in [7, 11) is -3.62. The maximum atomic E-state index is 13.7. The number of hydrogen-bond acceptors (Lipinski definition) is 9. The van der Waals surface area contributed by atoms with Crippen LogP contribution in [-0.2, 0) is 36.5 Å². The Kier molecular flexibility index (Phi) is 9.37. The van der Waals surface area contributed by atoms with Crippen LogP contribution in [0.1, 0.15) is 33.3 Å². The van der Waals surface area contributed by atoms with Crippen LogP contribution in [0.2, 0.25) is 0 Å². The molecule has 11 nitrogen and oxygen atoms in total. The number of hydrogen-bond donors (Lipinski definition) is 2. The first-order chi connectivity index (χ1) is 16.6. The summed E-state index contributed by atoms with van der Waals surface area (Å²) in [5.74, 6) is -0.237. The average molecular weight is 569 g/mol. The van der Waals surface area contributed by atoms with Gasteiger partial charge in [-0.25, -0.2) is 20.0 Å². The van der Waals surface area contributed by atoms with E-state index in [4.69, 9.17) is 19.7 Å². The molecule has 0 saturated heterocycles. The minimum atomic E-state index is -3.62. The maximum absolute atomic E-state index is 13.7. The number of rotatable bonds is 12. The third kappa shape index (κ3) is 7.55. The number of aromatic nitrogens is 4. The molecule has 3 N–H and O–H groups in total. The van der Waals surface area contributed by atoms with Gasteiger partial charge in [0.2, 0.25) is 0 Å². The Hall–Kier alpha value is -2.37. The number of carbonyl (C=O) groups excluding carboxylic acids is 1. The van der Waals surface area contributed by atoms with Gasteiger partial charge in [-0.3, -0.25) is 9.36 Å². The molecule has 1 unspecified atom stereocenters. The SMILES string of the molecule is CC(C)OC(=O)[C@H](C)NP(=O)(CO[C@H](C)Cn1cnc2c(N)ncnc21)OCc1ccccc1Br. The monoisotopic (exact) mass is 568 g/mol. The van der Waals surface area contributed by atoms with E-state index in [0.29, 0.717) is 23.5 Å². The van der Waals surface area contributed by atoms with Crippen LogP contribution in [0.25, 0.3) is 11.2 Å². The number of ether oxygens (including phenoxy) is 2. The highest BCUT2D eigenvalue weighted by molar-refractivity contribution is 9.10. The fraction of sp³-hybridized carbons (Fsp3) is 0.455. The fourth-order valence-electron chi connectivity index (χ4n) is 3.17. The van der Waals surface area contributed by atoms with E-state index < -0.39 is 19.5 Å². The van der Waals surface area contributed by atoms with Gasteiger partial charge in [-0.2, -0.15) is 0 Å². The molecule has 0 fully saturated rings. The molecule has 2 aromatic heterocycles. The van der Waals surface area contributed by atoms with E-state index in [2.05, 4.69) is 36.0 Å². The molecule has 1 aromatic carbocycles. The number of fused-ring (bicyclic) bond motifs is 1. The summed E-state index contributed by atoms with van der Waals surface area (Å²) in [6.45, 7) is 7.32. The van der Waals surface area contributed by atoms with Gasteiger partial charge < -0.3 is 24.3 Å². The summed E-state index contributed by atoms with van der Waals surface area (Å²) < 4.78 is 33.3. The third-order valence-corrected chi connectivity index (χ3v) is 7.48. The molecule has 13 heteroatoms. The lowest BCUT2D eigenvalue weighted by molar-refractivity contribution is -0.149. The van der Waals surface area contributed by atoms with Crippen LogP contribution in [0.5, 0.6) is 0 Å². The zero-order chi connectivity index (χ0) is 25.6. The lowest BCUT2D eigenvalue weighted by atomic mass is 10.2. The van der Waals surface area contributed by atoms with Crippen molar-refractivity contribution in [2.75, 3.05) is 12.1 Å². The van der Waals surface area contributed by atoms with Gasteiger partial charge in [0.05, 0.1) is 31.7 Å². The van der Waals surface area contributed by atoms with E-state index in [9.17, 15) is 9.36 Å². The van der Waals surface area contributed by atoms with Crippen molar-refractivity contribution < 1.29 is 23.4 Å². The second kappa shape index (κ2) is 12.0. The van der Waals surface area contributed by atoms with Crippen LogP contribution < -0.4 is 10.8 Å². The van der Waals surface area contributed by atoms with Gasteiger partial charge in [0, 0.05) is 4.47 Å². The summed E-state index contributed by atoms with van der Waals surface area (Å²) in [4.78, 5) is 24.7. The fourth-order valence-corrected chi connectivity index (χ4v) is 5.29. The summed E-state index contributed by atoms with van der Waals surface area (Å²) >= 11 is 3.46. The highest BCUT2D eigenvalue weighted by atomic mass is 79.9. The van der Waals surface area contributed by atoms with Crippen molar-refractivity contribution in [1.29, 1.82) is 0 Å². The third-order valence-electron chi connectivity index (χ3n) is 4.89. The molecule has 2 heterocycles. The minimum Gasteiger partial charge on any atom is -0.462 e. The first kappa shape index (κ1) is 27.2. The molecular weight excluding hydrogens is 539 g/mol. The number of nitrogens with zero attached hydrogens (tertiary/aromatic N) is 4. The molecule has 0 radical (unpaired) electrons. The highest BCUT2D eigenvalue weighted by Crippen LogP contribution is 2.44. The van der Waals surface area contributed by atoms with E-state index in [1.165, 1.54) is 6.33 Å². The molecule has 3 atom stereocenters. The number of benzene rings is 1. The van der Waals surface area contributed by atoms with Crippen LogP contribution in [0.4, 0.5) is 5.82 Å². The van der Waals surface area contributed by atoms with E-state index in [0.717, 1.165) is 10.0 Å². The van der Waals surface area contributed by atoms with Crippen LogP contribution in [0.15, 0.2) is 41.4 Å². The number of esters is 1. The number of nitrogens with two attached hydrogens (primary N) is 1. The Morgan fingerprint density at radius 2 is 1.94 bits per heavy atom. The number of nitrogen functional groups attached to an aromatic ring is 1. The van der Waals surface area contributed by atoms with Gasteiger partial charge in [0.25, 0.3) is 7.52 Å². The highest BCUT2D eigenvalue weighted by Gasteiger charge is 2.31. The summed E-state index contributed by atoms with van der Waals surface area (Å²) in [5.41, 5.74) is 7.73. The summed E-state index contributed by atoms with van der Waals surface area (Å²) in [6.07, 6.45) is 2.02. The molecule has 190 valence electrons. The largest absolute Gasteiger partial charge is 0.462 e. The first-order valence-electron chi connectivity index (χ1n) is 11.1. The van der Waals surface area contributed by atoms with Crippen molar-refractivity contribution in [3.05, 3.63) is 47.0 Å². The molecule has 35 heavy (non-hydrogen) atoms. The molecule has 0 saturated carbocycles. The second-order valence-corrected chi connectivity index (χ2v) is 11.3. The molecule has 0 aliphatic heterocycles. The van der Waals surface area contributed by atoms with Gasteiger partial charge in [-0.05, 0) is 39.3 Å². The topological polar surface area (TPSA) is 143 Å². The van der Waals surface area contributed by atoms with Crippen LogP contribution in [0, 0.1) is 0 Å². The van der Waals surface area contributed by atoms with E-state index >= 15 is 0 Å². The number of anilines is 1. The Morgan fingerprint density at radius 3 is 2.66 bits per heavy atom. The Morgan fingerprint density at radius 1 is 1.20 bits per heavy atom. The minimum absolute atomic E-state index is 0.0533. The van der Waals surface area contributed by atoms with Gasteiger partial charge in [0.15, 0.2) is 11.5 Å². The van der Waals surface area contributed by atoms with Gasteiger partial charge in [0.1, 0.15) is 24.2 Å². The quantitative estimate of drug-likeness (QED) is 0.244. The molecule has 3 rings (SSSR count). The standard InChI is InChI=1S/C22H30BrN6O5P/c1-14(2)34-22(30)16(4)28-35(31,33-10-17-7-5-6-8-18(17)23)13-32-15(3)9-29-12-27-19-20(24)25-11-26-21(19)29/h5-8,11-12,14-16H,9-10,13H2,1-4H3,(H,28,31)(H2,24,25,26)/t15-,16+,35?/m1/s1. The molecule has 0 amide bonds. The lowest BCUT2D eigenvalue weighted by Crippen LogP contribution is -2.36. The van der Waals surface area contributed by atoms with Gasteiger partial charge >= 0.3 is 5.97 Å². The summed E-state index contributed by atoms with van der Waals surface area (Å²) in [5, 5.41) is 2.80.